The Hall–Kier alpha value is 0.388. The summed E-state index contributed by atoms with van der Waals surface area (Å²) in [5.74, 6) is -0.166. The minimum Gasteiger partial charge on any atom is -1.00 e. The second-order valence-corrected chi connectivity index (χ2v) is 6.33. The zero-order valence-electron chi connectivity index (χ0n) is 12.1. The Morgan fingerprint density at radius 2 is 0.840 bits per heavy atom. The Bertz CT molecular complexity index is 627. The summed E-state index contributed by atoms with van der Waals surface area (Å²) in [6.45, 7) is 0. The number of aromatic hydroxyl groups is 2. The van der Waals surface area contributed by atoms with Gasteiger partial charge in [-0.05, 0) is 24.3 Å². The van der Waals surface area contributed by atoms with Gasteiger partial charge in [0.15, 0.2) is 0 Å². The van der Waals surface area contributed by atoms with Crippen molar-refractivity contribution in [2.24, 2.45) is 11.5 Å². The van der Waals surface area contributed by atoms with Crippen molar-refractivity contribution in [1.29, 1.82) is 0 Å². The fourth-order valence-corrected chi connectivity index (χ4v) is 3.59. The maximum absolute atomic E-state index is 9.46. The first-order chi connectivity index (χ1) is 10.2. The molecule has 142 valence electrons. The van der Waals surface area contributed by atoms with Gasteiger partial charge in [0, 0.05) is 11.1 Å². The molecular weight excluding hydrogens is 636 g/mol. The fraction of sp³-hybridized carbons (Fsp3) is 0.143. The van der Waals surface area contributed by atoms with Gasteiger partial charge in [-0.15, -0.1) is 0 Å². The molecule has 0 aromatic heterocycles. The average Bonchev–Trinajstić information content (AvgIpc) is 2.35. The molecule has 2 aromatic carbocycles. The Morgan fingerprint density at radius 1 is 0.640 bits per heavy atom. The molecule has 0 bridgehead atoms. The molecule has 11 heteroatoms. The first kappa shape index (κ1) is 27.6. The summed E-state index contributed by atoms with van der Waals surface area (Å²) in [5, 5.41) is 19.6. The summed E-state index contributed by atoms with van der Waals surface area (Å²) in [5.41, 5.74) is 13.0. The number of hydrogen-bond donors (Lipinski definition) is 4. The van der Waals surface area contributed by atoms with Crippen LogP contribution in [0.2, 0.25) is 20.1 Å². The summed E-state index contributed by atoms with van der Waals surface area (Å²) in [4.78, 5) is 0. The van der Waals surface area contributed by atoms with E-state index in [0.29, 0.717) is 11.1 Å². The standard InChI is InChI=1S/C14H12Cl4N2O2.2ClH.Pt/c15-7-1-5(21)2-8(16)11(7)13(19)14(20)12-9(17)3-6(22)4-10(12)18;;;/h1-4,13-14,21-22H,19-20H2;2*1H;/q;;;+2/p-2/t13-,14+;;;. The van der Waals surface area contributed by atoms with Crippen LogP contribution in [0.1, 0.15) is 23.2 Å². The Morgan fingerprint density at radius 3 is 1.04 bits per heavy atom. The molecule has 0 fully saturated rings. The third-order valence-corrected chi connectivity index (χ3v) is 4.43. The van der Waals surface area contributed by atoms with Gasteiger partial charge in [0.2, 0.25) is 0 Å². The van der Waals surface area contributed by atoms with E-state index in [1.807, 2.05) is 0 Å². The number of hydrogen-bond acceptors (Lipinski definition) is 4. The van der Waals surface area contributed by atoms with Crippen molar-refractivity contribution >= 4 is 46.4 Å². The second-order valence-electron chi connectivity index (χ2n) is 4.70. The number of rotatable bonds is 3. The van der Waals surface area contributed by atoms with Gasteiger partial charge < -0.3 is 46.5 Å². The number of benzene rings is 2. The summed E-state index contributed by atoms with van der Waals surface area (Å²) >= 11 is 24.3. The van der Waals surface area contributed by atoms with Crippen LogP contribution in [0.25, 0.3) is 0 Å². The summed E-state index contributed by atoms with van der Waals surface area (Å²) in [7, 11) is 0. The van der Waals surface area contributed by atoms with Gasteiger partial charge in [-0.2, -0.15) is 0 Å². The molecule has 0 heterocycles. The largest absolute Gasteiger partial charge is 2.00 e. The van der Waals surface area contributed by atoms with Crippen molar-refractivity contribution < 1.29 is 56.1 Å². The minimum absolute atomic E-state index is 0. The van der Waals surface area contributed by atoms with Crippen LogP contribution in [0.3, 0.4) is 0 Å². The molecule has 0 aliphatic rings. The first-order valence-corrected chi connectivity index (χ1v) is 7.60. The minimum atomic E-state index is -0.819. The van der Waals surface area contributed by atoms with Crippen molar-refractivity contribution in [2.75, 3.05) is 0 Å². The molecule has 0 saturated heterocycles. The van der Waals surface area contributed by atoms with E-state index < -0.39 is 12.1 Å². The third kappa shape index (κ3) is 6.20. The van der Waals surface area contributed by atoms with E-state index >= 15 is 0 Å². The SMILES string of the molecule is N[C@H](c1c(Cl)cc(O)cc1Cl)[C@@H](N)c1c(Cl)cc(O)cc1Cl.[Cl-].[Cl-].[Pt+2]. The number of phenols is 2. The van der Waals surface area contributed by atoms with E-state index in [-0.39, 0.29) is 77.5 Å². The van der Waals surface area contributed by atoms with E-state index in [1.54, 1.807) is 0 Å². The zero-order chi connectivity index (χ0) is 16.6. The molecule has 4 nitrogen and oxygen atoms in total. The van der Waals surface area contributed by atoms with Crippen LogP contribution >= 0.6 is 46.4 Å². The van der Waals surface area contributed by atoms with Gasteiger partial charge in [-0.1, -0.05) is 46.4 Å². The molecule has 0 aliphatic heterocycles. The van der Waals surface area contributed by atoms with Crippen molar-refractivity contribution in [1.82, 2.24) is 0 Å². The van der Waals surface area contributed by atoms with E-state index in [2.05, 4.69) is 0 Å². The van der Waals surface area contributed by atoms with Crippen LogP contribution in [-0.2, 0) is 21.1 Å². The number of halogens is 6. The Kier molecular flexibility index (Phi) is 12.5. The van der Waals surface area contributed by atoms with Crippen LogP contribution in [-0.4, -0.2) is 10.2 Å². The van der Waals surface area contributed by atoms with Gasteiger partial charge in [-0.3, -0.25) is 0 Å². The van der Waals surface area contributed by atoms with Crippen LogP contribution in [0.5, 0.6) is 11.5 Å². The topological polar surface area (TPSA) is 92.5 Å². The molecule has 0 spiro atoms. The molecular formula is C14H12Cl6N2O2Pt. The first-order valence-electron chi connectivity index (χ1n) is 6.09. The molecule has 2 atom stereocenters. The fourth-order valence-electron chi connectivity index (χ4n) is 2.14. The maximum atomic E-state index is 9.46. The van der Waals surface area contributed by atoms with E-state index in [0.717, 1.165) is 0 Å². The molecule has 0 saturated carbocycles. The molecule has 2 rings (SSSR count). The van der Waals surface area contributed by atoms with Crippen molar-refractivity contribution in [3.05, 3.63) is 55.5 Å². The second kappa shape index (κ2) is 11.3. The van der Waals surface area contributed by atoms with Crippen molar-refractivity contribution in [2.45, 2.75) is 12.1 Å². The molecule has 6 N–H and O–H groups in total. The van der Waals surface area contributed by atoms with Crippen molar-refractivity contribution in [3.8, 4) is 11.5 Å². The van der Waals surface area contributed by atoms with Gasteiger partial charge in [0.05, 0.1) is 32.2 Å². The van der Waals surface area contributed by atoms with Crippen LogP contribution in [0, 0.1) is 0 Å². The van der Waals surface area contributed by atoms with Gasteiger partial charge in [0.25, 0.3) is 0 Å². The van der Waals surface area contributed by atoms with Gasteiger partial charge in [0.1, 0.15) is 11.5 Å². The van der Waals surface area contributed by atoms with E-state index in [4.69, 9.17) is 57.9 Å². The summed E-state index contributed by atoms with van der Waals surface area (Å²) in [6.07, 6.45) is 0. The summed E-state index contributed by atoms with van der Waals surface area (Å²) in [6, 6.07) is 3.62. The van der Waals surface area contributed by atoms with E-state index in [1.165, 1.54) is 24.3 Å². The molecule has 0 radical (unpaired) electrons. The van der Waals surface area contributed by atoms with E-state index in [9.17, 15) is 10.2 Å². The molecule has 0 unspecified atom stereocenters. The normalized spacial score (nSPS) is 12.2. The maximum Gasteiger partial charge on any atom is 2.00 e. The molecule has 2 aromatic rings. The molecule has 0 amide bonds. The van der Waals surface area contributed by atoms with Crippen LogP contribution in [0.4, 0.5) is 0 Å². The smallest absolute Gasteiger partial charge is 1.00 e. The average molecular weight is 648 g/mol. The third-order valence-electron chi connectivity index (χ3n) is 3.18. The van der Waals surface area contributed by atoms with Crippen molar-refractivity contribution in [3.63, 3.8) is 0 Å². The van der Waals surface area contributed by atoms with Crippen LogP contribution < -0.4 is 36.3 Å². The number of phenolic OH excluding ortho intramolecular Hbond substituents is 2. The Labute approximate surface area is 191 Å². The van der Waals surface area contributed by atoms with Crippen LogP contribution in [0.15, 0.2) is 24.3 Å². The molecule has 25 heavy (non-hydrogen) atoms. The summed E-state index contributed by atoms with van der Waals surface area (Å²) < 4.78 is 0. The Balaban J connectivity index is 0. The zero-order valence-corrected chi connectivity index (χ0v) is 18.9. The predicted molar refractivity (Wildman–Crippen MR) is 90.1 cm³/mol. The number of nitrogens with two attached hydrogens (primary N) is 2. The molecule has 0 aliphatic carbocycles. The van der Waals surface area contributed by atoms with Gasteiger partial charge in [-0.25, -0.2) is 0 Å². The quantitative estimate of drug-likeness (QED) is 0.324. The predicted octanol–water partition coefficient (Wildman–Crippen LogP) is -1.58. The van der Waals surface area contributed by atoms with Gasteiger partial charge >= 0.3 is 21.1 Å². The monoisotopic (exact) mass is 645 g/mol.